The van der Waals surface area contributed by atoms with Crippen LogP contribution < -0.4 is 5.32 Å². The summed E-state index contributed by atoms with van der Waals surface area (Å²) in [7, 11) is 2.81. The Hall–Kier alpha value is -3.18. The Balaban J connectivity index is 1.89. The summed E-state index contributed by atoms with van der Waals surface area (Å²) in [4.78, 5) is 44.7. The summed E-state index contributed by atoms with van der Waals surface area (Å²) in [6.07, 6.45) is -0.192. The average Bonchev–Trinajstić information content (AvgIpc) is 2.97. The van der Waals surface area contributed by atoms with Crippen LogP contribution in [0.4, 0.5) is 0 Å². The summed E-state index contributed by atoms with van der Waals surface area (Å²) in [5.74, 6) is -3.05. The molecule has 2 aromatic rings. The van der Waals surface area contributed by atoms with E-state index in [-0.39, 0.29) is 56.2 Å². The van der Waals surface area contributed by atoms with Crippen LogP contribution in [0.5, 0.6) is 0 Å². The number of hydrogen-bond donors (Lipinski definition) is 1. The fourth-order valence-corrected chi connectivity index (χ4v) is 6.68. The van der Waals surface area contributed by atoms with E-state index in [0.29, 0.717) is 31.1 Å². The number of dihydropyridines is 1. The van der Waals surface area contributed by atoms with Crippen LogP contribution in [0.1, 0.15) is 17.9 Å². The van der Waals surface area contributed by atoms with E-state index < -0.39 is 28.7 Å². The van der Waals surface area contributed by atoms with Gasteiger partial charge in [-0.2, -0.15) is 0 Å². The maximum absolute atomic E-state index is 13.5. The quantitative estimate of drug-likeness (QED) is 0.448. The minimum Gasteiger partial charge on any atom is -0.466 e. The molecule has 4 rings (SSSR count). The molecule has 12 heteroatoms. The van der Waals surface area contributed by atoms with Gasteiger partial charge in [-0.25, -0.2) is 9.59 Å². The minimum atomic E-state index is -1.60. The number of amides is 1. The number of rotatable bonds is 8. The molecular formula is C29H31Cl2N3O6S. The second-order valence-corrected chi connectivity index (χ2v) is 11.9. The highest BCUT2D eigenvalue weighted by atomic mass is 35.5. The van der Waals surface area contributed by atoms with Gasteiger partial charge in [0.05, 0.1) is 54.3 Å². The molecule has 1 N–H and O–H groups in total. The van der Waals surface area contributed by atoms with E-state index in [1.165, 1.54) is 14.2 Å². The SMILES string of the molecule is COC(=O)C1=C(CC(=O)N2CCN(C)CC2)NC(CS(=O)c2ccccc2)=C(C(=O)OC)C1c1c(Cl)cccc1Cl. The van der Waals surface area contributed by atoms with Crippen molar-refractivity contribution in [3.63, 3.8) is 0 Å². The van der Waals surface area contributed by atoms with Crippen molar-refractivity contribution >= 4 is 51.8 Å². The third kappa shape index (κ3) is 6.83. The molecule has 2 aliphatic heterocycles. The molecule has 1 amide bonds. The van der Waals surface area contributed by atoms with E-state index in [2.05, 4.69) is 10.2 Å². The van der Waals surface area contributed by atoms with E-state index in [1.807, 2.05) is 13.1 Å². The molecule has 2 unspecified atom stereocenters. The lowest BCUT2D eigenvalue weighted by molar-refractivity contribution is -0.137. The Bertz CT molecular complexity index is 1400. The van der Waals surface area contributed by atoms with Gasteiger partial charge >= 0.3 is 11.9 Å². The van der Waals surface area contributed by atoms with E-state index >= 15 is 0 Å². The molecule has 0 saturated carbocycles. The van der Waals surface area contributed by atoms with Gasteiger partial charge in [0, 0.05) is 58.1 Å². The second kappa shape index (κ2) is 13.7. The van der Waals surface area contributed by atoms with Gasteiger partial charge in [-0.1, -0.05) is 47.5 Å². The van der Waals surface area contributed by atoms with Crippen LogP contribution >= 0.6 is 23.2 Å². The molecule has 0 radical (unpaired) electrons. The zero-order chi connectivity index (χ0) is 29.7. The van der Waals surface area contributed by atoms with Crippen molar-refractivity contribution in [2.24, 2.45) is 0 Å². The summed E-state index contributed by atoms with van der Waals surface area (Å²) >= 11 is 13.3. The highest BCUT2D eigenvalue weighted by Gasteiger charge is 2.42. The van der Waals surface area contributed by atoms with Crippen molar-refractivity contribution < 1.29 is 28.1 Å². The summed E-state index contributed by atoms with van der Waals surface area (Å²) < 4.78 is 23.8. The summed E-state index contributed by atoms with van der Waals surface area (Å²) in [5, 5.41) is 3.51. The number of hydrogen-bond acceptors (Lipinski definition) is 8. The fourth-order valence-electron chi connectivity index (χ4n) is 4.95. The molecule has 218 valence electrons. The molecule has 1 fully saturated rings. The fraction of sp³-hybridized carbons (Fsp3) is 0.345. The van der Waals surface area contributed by atoms with Crippen molar-refractivity contribution in [3.8, 4) is 0 Å². The minimum absolute atomic E-state index is 0.000351. The van der Waals surface area contributed by atoms with Crippen LogP contribution in [0.25, 0.3) is 0 Å². The largest absolute Gasteiger partial charge is 0.466 e. The average molecular weight is 621 g/mol. The van der Waals surface area contributed by atoms with Crippen molar-refractivity contribution in [3.05, 3.63) is 86.7 Å². The number of piperazine rings is 1. The van der Waals surface area contributed by atoms with Gasteiger partial charge in [0.15, 0.2) is 0 Å². The normalized spacial score (nSPS) is 18.6. The zero-order valence-electron chi connectivity index (χ0n) is 22.9. The highest BCUT2D eigenvalue weighted by molar-refractivity contribution is 7.85. The molecule has 0 aliphatic carbocycles. The molecule has 0 spiro atoms. The molecular weight excluding hydrogens is 589 g/mol. The lowest BCUT2D eigenvalue weighted by atomic mass is 9.79. The molecule has 2 heterocycles. The van der Waals surface area contributed by atoms with Crippen LogP contribution in [0, 0.1) is 0 Å². The van der Waals surface area contributed by atoms with Crippen LogP contribution in [0.15, 0.2) is 76.0 Å². The number of carbonyl (C=O) groups excluding carboxylic acids is 3. The number of likely N-dealkylation sites (N-methyl/N-ethyl adjacent to an activating group) is 1. The molecule has 2 aromatic carbocycles. The number of carbonyl (C=O) groups is 3. The van der Waals surface area contributed by atoms with Gasteiger partial charge in [0.1, 0.15) is 0 Å². The van der Waals surface area contributed by atoms with E-state index in [4.69, 9.17) is 32.7 Å². The molecule has 9 nitrogen and oxygen atoms in total. The number of nitrogens with one attached hydrogen (secondary N) is 1. The summed E-state index contributed by atoms with van der Waals surface area (Å²) in [5.41, 5.74) is 0.719. The Labute approximate surface area is 251 Å². The van der Waals surface area contributed by atoms with E-state index in [9.17, 15) is 18.6 Å². The van der Waals surface area contributed by atoms with Gasteiger partial charge in [-0.15, -0.1) is 0 Å². The molecule has 1 saturated heterocycles. The molecule has 2 atom stereocenters. The first-order chi connectivity index (χ1) is 19.7. The van der Waals surface area contributed by atoms with Gasteiger partial charge in [0.2, 0.25) is 5.91 Å². The van der Waals surface area contributed by atoms with E-state index in [0.717, 1.165) is 0 Å². The van der Waals surface area contributed by atoms with Crippen molar-refractivity contribution in [1.29, 1.82) is 0 Å². The van der Waals surface area contributed by atoms with Gasteiger partial charge in [0.25, 0.3) is 0 Å². The Morgan fingerprint density at radius 2 is 1.44 bits per heavy atom. The Morgan fingerprint density at radius 3 is 2.00 bits per heavy atom. The van der Waals surface area contributed by atoms with Crippen LogP contribution in [0.2, 0.25) is 10.0 Å². The maximum Gasteiger partial charge on any atom is 0.336 e. The number of methoxy groups -OCH3 is 2. The van der Waals surface area contributed by atoms with Crippen molar-refractivity contribution in [2.75, 3.05) is 53.2 Å². The van der Waals surface area contributed by atoms with E-state index in [1.54, 1.807) is 47.4 Å². The van der Waals surface area contributed by atoms with Gasteiger partial charge in [-0.3, -0.25) is 9.00 Å². The third-order valence-electron chi connectivity index (χ3n) is 7.09. The molecule has 0 bridgehead atoms. The topological polar surface area (TPSA) is 105 Å². The zero-order valence-corrected chi connectivity index (χ0v) is 25.3. The van der Waals surface area contributed by atoms with Crippen LogP contribution in [-0.2, 0) is 34.7 Å². The monoisotopic (exact) mass is 619 g/mol. The predicted octanol–water partition coefficient (Wildman–Crippen LogP) is 3.51. The smallest absolute Gasteiger partial charge is 0.336 e. The van der Waals surface area contributed by atoms with Crippen LogP contribution in [0.3, 0.4) is 0 Å². The van der Waals surface area contributed by atoms with Crippen LogP contribution in [-0.4, -0.2) is 85.1 Å². The number of ether oxygens (including phenoxy) is 2. The lowest BCUT2D eigenvalue weighted by Crippen LogP contribution is -2.47. The number of halogens is 2. The highest BCUT2D eigenvalue weighted by Crippen LogP contribution is 2.45. The molecule has 2 aliphatic rings. The first-order valence-electron chi connectivity index (χ1n) is 12.9. The number of benzene rings is 2. The lowest BCUT2D eigenvalue weighted by Gasteiger charge is -2.35. The summed E-state index contributed by atoms with van der Waals surface area (Å²) in [6.45, 7) is 2.50. The third-order valence-corrected chi connectivity index (χ3v) is 9.10. The maximum atomic E-state index is 13.5. The number of nitrogens with zero attached hydrogens (tertiary/aromatic N) is 2. The first-order valence-corrected chi connectivity index (χ1v) is 15.0. The molecule has 41 heavy (non-hydrogen) atoms. The van der Waals surface area contributed by atoms with Gasteiger partial charge in [-0.05, 0) is 31.3 Å². The number of esters is 2. The summed E-state index contributed by atoms with van der Waals surface area (Å²) in [6, 6.07) is 13.6. The first kappa shape index (κ1) is 30.8. The molecule has 0 aromatic heterocycles. The van der Waals surface area contributed by atoms with Crippen molar-refractivity contribution in [1.82, 2.24) is 15.1 Å². The Morgan fingerprint density at radius 1 is 0.878 bits per heavy atom. The second-order valence-electron chi connectivity index (χ2n) is 9.62. The predicted molar refractivity (Wildman–Crippen MR) is 157 cm³/mol. The van der Waals surface area contributed by atoms with Crippen molar-refractivity contribution in [2.45, 2.75) is 17.2 Å². The Kier molecular flexibility index (Phi) is 10.2. The van der Waals surface area contributed by atoms with Gasteiger partial charge < -0.3 is 24.6 Å². The standard InChI is InChI=1S/C29H31Cl2N3O6S/c1-33-12-14-34(15-13-33)23(35)16-21-25(28(36)39-2)27(24-19(30)10-7-11-20(24)31)26(29(37)40-3)22(32-21)17-41(38)18-8-5-4-6-9-18/h4-11,27,32H,12-17H2,1-3H3.